The van der Waals surface area contributed by atoms with Crippen LogP contribution in [-0.4, -0.2) is 57.5 Å². The minimum atomic E-state index is -1.11. The van der Waals surface area contributed by atoms with Crippen LogP contribution in [0, 0.1) is 18.6 Å². The Morgan fingerprint density at radius 3 is 2.58 bits per heavy atom. The number of aromatic nitrogens is 1. The van der Waals surface area contributed by atoms with Crippen LogP contribution in [0.3, 0.4) is 0 Å². The largest absolute Gasteiger partial charge is 0.503 e. The molecule has 3 aliphatic heterocycles. The summed E-state index contributed by atoms with van der Waals surface area (Å²) in [5.74, 6) is -5.12. The number of rotatable bonds is 3. The number of carbonyl (C=O) groups is 2. The van der Waals surface area contributed by atoms with E-state index in [4.69, 9.17) is 9.47 Å². The van der Waals surface area contributed by atoms with Crippen molar-refractivity contribution in [1.29, 1.82) is 0 Å². The van der Waals surface area contributed by atoms with Crippen LogP contribution >= 0.6 is 0 Å². The number of fused-ring (bicyclic) bond motifs is 5. The molecule has 192 valence electrons. The van der Waals surface area contributed by atoms with Crippen LogP contribution < -0.4 is 10.7 Å². The number of aryl methyl sites for hydroxylation is 1. The molecule has 0 saturated carbocycles. The molecule has 4 heterocycles. The maximum atomic E-state index is 14.2. The summed E-state index contributed by atoms with van der Waals surface area (Å²) in [6.45, 7) is 5.29. The van der Waals surface area contributed by atoms with Crippen LogP contribution in [-0.2, 0) is 16.0 Å². The SMILES string of the molecule is Cc1cc(F)c(CNC(=O)c2cn3c(c(O)c2=O)C(=O)N2C[C@@H]3[C@]3(CC[C@@H]2C)OC[C@@H](C)O3)c(F)c1. The second-order valence-electron chi connectivity index (χ2n) is 9.78. The molecular weight excluding hydrogens is 476 g/mol. The first-order chi connectivity index (χ1) is 17.0. The summed E-state index contributed by atoms with van der Waals surface area (Å²) in [4.78, 5) is 40.8. The van der Waals surface area contributed by atoms with Crippen LogP contribution in [0.5, 0.6) is 5.75 Å². The molecule has 4 atom stereocenters. The van der Waals surface area contributed by atoms with E-state index in [9.17, 15) is 28.3 Å². The monoisotopic (exact) mass is 503 g/mol. The predicted octanol–water partition coefficient (Wildman–Crippen LogP) is 2.38. The Morgan fingerprint density at radius 1 is 1.25 bits per heavy atom. The van der Waals surface area contributed by atoms with Gasteiger partial charge in [-0.05, 0) is 44.9 Å². The van der Waals surface area contributed by atoms with E-state index < -0.39 is 58.6 Å². The second-order valence-corrected chi connectivity index (χ2v) is 9.78. The van der Waals surface area contributed by atoms with Gasteiger partial charge < -0.3 is 29.4 Å². The van der Waals surface area contributed by atoms with Crippen LogP contribution in [0.1, 0.15) is 64.7 Å². The fourth-order valence-corrected chi connectivity index (χ4v) is 5.33. The molecule has 1 aromatic heterocycles. The fourth-order valence-electron chi connectivity index (χ4n) is 5.33. The van der Waals surface area contributed by atoms with Crippen LogP contribution in [0.4, 0.5) is 8.78 Å². The first kappa shape index (κ1) is 24.4. The third-order valence-electron chi connectivity index (χ3n) is 7.25. The van der Waals surface area contributed by atoms with Gasteiger partial charge in [0.2, 0.25) is 5.43 Å². The molecule has 0 radical (unpaired) electrons. The molecule has 2 saturated heterocycles. The average Bonchev–Trinajstić information content (AvgIpc) is 3.14. The molecule has 2 amide bonds. The number of pyridine rings is 1. The van der Waals surface area contributed by atoms with Gasteiger partial charge in [-0.2, -0.15) is 0 Å². The molecule has 9 nitrogen and oxygen atoms in total. The molecule has 2 fully saturated rings. The molecular formula is C25H27F2N3O6. The first-order valence-electron chi connectivity index (χ1n) is 11.9. The number of halogens is 2. The van der Waals surface area contributed by atoms with E-state index in [0.29, 0.717) is 25.0 Å². The van der Waals surface area contributed by atoms with Gasteiger partial charge in [0, 0.05) is 37.3 Å². The predicted molar refractivity (Wildman–Crippen MR) is 123 cm³/mol. The smallest absolute Gasteiger partial charge is 0.274 e. The molecule has 2 bridgehead atoms. The van der Waals surface area contributed by atoms with E-state index in [1.807, 2.05) is 13.8 Å². The summed E-state index contributed by atoms with van der Waals surface area (Å²) in [6, 6.07) is 1.45. The molecule has 36 heavy (non-hydrogen) atoms. The molecule has 2 N–H and O–H groups in total. The second kappa shape index (κ2) is 8.67. The highest BCUT2D eigenvalue weighted by atomic mass is 19.1. The van der Waals surface area contributed by atoms with Gasteiger partial charge in [-0.3, -0.25) is 14.4 Å². The van der Waals surface area contributed by atoms with Crippen molar-refractivity contribution in [3.63, 3.8) is 0 Å². The van der Waals surface area contributed by atoms with Gasteiger partial charge in [-0.15, -0.1) is 0 Å². The summed E-state index contributed by atoms with van der Waals surface area (Å²) < 4.78 is 42.1. The molecule has 0 aliphatic carbocycles. The van der Waals surface area contributed by atoms with Crippen molar-refractivity contribution in [3.05, 3.63) is 62.6 Å². The van der Waals surface area contributed by atoms with Crippen molar-refractivity contribution in [1.82, 2.24) is 14.8 Å². The van der Waals surface area contributed by atoms with E-state index in [-0.39, 0.29) is 29.9 Å². The van der Waals surface area contributed by atoms with Crippen molar-refractivity contribution in [2.45, 2.75) is 64.1 Å². The zero-order chi connectivity index (χ0) is 25.9. The first-order valence-corrected chi connectivity index (χ1v) is 11.9. The number of ether oxygens (including phenoxy) is 2. The number of aromatic hydroxyl groups is 1. The number of nitrogens with one attached hydrogen (secondary N) is 1. The lowest BCUT2D eigenvalue weighted by Gasteiger charge is -2.42. The Morgan fingerprint density at radius 2 is 1.94 bits per heavy atom. The van der Waals surface area contributed by atoms with E-state index in [2.05, 4.69) is 5.32 Å². The number of hydrogen-bond acceptors (Lipinski definition) is 6. The number of nitrogens with zero attached hydrogens (tertiary/aromatic N) is 2. The summed E-state index contributed by atoms with van der Waals surface area (Å²) >= 11 is 0. The lowest BCUT2D eigenvalue weighted by molar-refractivity contribution is -0.201. The molecule has 1 spiro atoms. The van der Waals surface area contributed by atoms with E-state index >= 15 is 0 Å². The highest BCUT2D eigenvalue weighted by Crippen LogP contribution is 2.45. The number of benzene rings is 1. The van der Waals surface area contributed by atoms with Crippen molar-refractivity contribution in [2.75, 3.05) is 13.2 Å². The van der Waals surface area contributed by atoms with Crippen LogP contribution in [0.15, 0.2) is 23.1 Å². The highest BCUT2D eigenvalue weighted by Gasteiger charge is 2.54. The van der Waals surface area contributed by atoms with E-state index in [0.717, 1.165) is 12.1 Å². The van der Waals surface area contributed by atoms with Gasteiger partial charge in [0.1, 0.15) is 23.2 Å². The summed E-state index contributed by atoms with van der Waals surface area (Å²) in [5, 5.41) is 13.1. The third kappa shape index (κ3) is 3.77. The van der Waals surface area contributed by atoms with Crippen molar-refractivity contribution >= 4 is 11.8 Å². The van der Waals surface area contributed by atoms with E-state index in [1.54, 1.807) is 4.90 Å². The maximum absolute atomic E-state index is 14.2. The number of amides is 2. The van der Waals surface area contributed by atoms with Crippen LogP contribution in [0.2, 0.25) is 0 Å². The number of hydrogen-bond donors (Lipinski definition) is 2. The van der Waals surface area contributed by atoms with E-state index in [1.165, 1.54) is 17.7 Å². The van der Waals surface area contributed by atoms with Crippen molar-refractivity contribution in [2.24, 2.45) is 0 Å². The fraction of sp³-hybridized carbons (Fsp3) is 0.480. The summed E-state index contributed by atoms with van der Waals surface area (Å²) in [6.07, 6.45) is 2.03. The van der Waals surface area contributed by atoms with Crippen molar-refractivity contribution < 1.29 is 33.0 Å². The topological polar surface area (TPSA) is 110 Å². The summed E-state index contributed by atoms with van der Waals surface area (Å²) in [5.41, 5.74) is -1.75. The normalized spacial score (nSPS) is 27.2. The minimum Gasteiger partial charge on any atom is -0.503 e. The standard InChI is InChI=1S/C25H27F2N3O6/c1-12-6-17(26)15(18(27)7-12)8-28-23(33)16-9-30-19-10-29(24(34)20(30)22(32)21(16)31)13(2)4-5-25(19)35-11-14(3)36-25/h6-7,9,13-14,19,32H,4-5,8,10-11H2,1-3H3,(H,28,33)/t13-,14+,19+,25+/m0/s1. The Bertz CT molecular complexity index is 1300. The van der Waals surface area contributed by atoms with Gasteiger partial charge in [0.25, 0.3) is 11.8 Å². The Labute approximate surface area is 205 Å². The molecule has 11 heteroatoms. The van der Waals surface area contributed by atoms with Crippen LogP contribution in [0.25, 0.3) is 0 Å². The maximum Gasteiger partial charge on any atom is 0.274 e. The van der Waals surface area contributed by atoms with Crippen molar-refractivity contribution in [3.8, 4) is 5.75 Å². The number of carbonyl (C=O) groups excluding carboxylic acids is 2. The highest BCUT2D eigenvalue weighted by molar-refractivity contribution is 5.99. The lowest BCUT2D eigenvalue weighted by Crippen LogP contribution is -2.52. The minimum absolute atomic E-state index is 0.187. The zero-order valence-electron chi connectivity index (χ0n) is 20.1. The Balaban J connectivity index is 1.55. The molecule has 1 aromatic carbocycles. The summed E-state index contributed by atoms with van der Waals surface area (Å²) in [7, 11) is 0. The molecule has 2 aromatic rings. The Kier molecular flexibility index (Phi) is 5.87. The van der Waals surface area contributed by atoms with Gasteiger partial charge in [-0.1, -0.05) is 0 Å². The van der Waals surface area contributed by atoms with Gasteiger partial charge in [0.15, 0.2) is 17.2 Å². The zero-order valence-corrected chi connectivity index (χ0v) is 20.1. The van der Waals surface area contributed by atoms with Gasteiger partial charge >= 0.3 is 0 Å². The molecule has 5 rings (SSSR count). The lowest BCUT2D eigenvalue weighted by atomic mass is 9.99. The third-order valence-corrected chi connectivity index (χ3v) is 7.25. The molecule has 0 unspecified atom stereocenters. The average molecular weight is 504 g/mol. The van der Waals surface area contributed by atoms with Gasteiger partial charge in [-0.25, -0.2) is 8.78 Å². The quantitative estimate of drug-likeness (QED) is 0.666. The molecule has 3 aliphatic rings. The Hall–Kier alpha value is -3.31. The van der Waals surface area contributed by atoms with Gasteiger partial charge in [0.05, 0.1) is 12.7 Å².